The van der Waals surface area contributed by atoms with Crippen molar-refractivity contribution in [3.05, 3.63) is 43.7 Å². The first-order valence-corrected chi connectivity index (χ1v) is 7.27. The number of rotatable bonds is 3. The Balaban J connectivity index is 2.59. The van der Waals surface area contributed by atoms with Crippen LogP contribution in [-0.4, -0.2) is 17.1 Å². The van der Waals surface area contributed by atoms with E-state index in [0.29, 0.717) is 17.6 Å². The first-order valence-electron chi connectivity index (χ1n) is 5.82. The monoisotopic (exact) mass is 388 g/mol. The van der Waals surface area contributed by atoms with Gasteiger partial charge in [-0.2, -0.15) is 0 Å². The maximum atomic E-state index is 6.18. The van der Waals surface area contributed by atoms with E-state index in [2.05, 4.69) is 52.5 Å². The standard InChI is InChI=1S/C14H14ClIN2O/c1-8-5-4-6-10(9(8)2)14-17-11(7-19-3)12(16)13(15)18-14/h4-6H,7H2,1-3H3. The summed E-state index contributed by atoms with van der Waals surface area (Å²) >= 11 is 8.33. The highest BCUT2D eigenvalue weighted by Crippen LogP contribution is 2.27. The van der Waals surface area contributed by atoms with E-state index in [0.717, 1.165) is 14.8 Å². The van der Waals surface area contributed by atoms with Crippen LogP contribution in [0.15, 0.2) is 18.2 Å². The Bertz CT molecular complexity index is 617. The Kier molecular flexibility index (Phi) is 4.76. The van der Waals surface area contributed by atoms with Gasteiger partial charge < -0.3 is 4.74 Å². The minimum absolute atomic E-state index is 0.429. The number of aryl methyl sites for hydroxylation is 1. The molecule has 0 radical (unpaired) electrons. The molecule has 0 amide bonds. The highest BCUT2D eigenvalue weighted by atomic mass is 127. The summed E-state index contributed by atoms with van der Waals surface area (Å²) in [5, 5.41) is 0.471. The van der Waals surface area contributed by atoms with Gasteiger partial charge in [0.25, 0.3) is 0 Å². The van der Waals surface area contributed by atoms with Crippen molar-refractivity contribution in [2.24, 2.45) is 0 Å². The topological polar surface area (TPSA) is 35.0 Å². The molecule has 0 fully saturated rings. The van der Waals surface area contributed by atoms with E-state index >= 15 is 0 Å². The van der Waals surface area contributed by atoms with Crippen LogP contribution in [0.25, 0.3) is 11.4 Å². The molecule has 1 aromatic heterocycles. The van der Waals surface area contributed by atoms with Crippen molar-refractivity contribution in [1.82, 2.24) is 9.97 Å². The average Bonchev–Trinajstić information content (AvgIpc) is 2.38. The summed E-state index contributed by atoms with van der Waals surface area (Å²) in [4.78, 5) is 8.95. The van der Waals surface area contributed by atoms with Crippen molar-refractivity contribution in [3.8, 4) is 11.4 Å². The third-order valence-corrected chi connectivity index (χ3v) is 4.73. The van der Waals surface area contributed by atoms with E-state index in [-0.39, 0.29) is 0 Å². The lowest BCUT2D eigenvalue weighted by atomic mass is 10.0. The molecule has 0 saturated carbocycles. The van der Waals surface area contributed by atoms with Gasteiger partial charge in [-0.25, -0.2) is 9.97 Å². The molecule has 0 aliphatic rings. The van der Waals surface area contributed by atoms with E-state index in [1.165, 1.54) is 11.1 Å². The van der Waals surface area contributed by atoms with Crippen molar-refractivity contribution in [2.75, 3.05) is 7.11 Å². The second-order valence-electron chi connectivity index (χ2n) is 4.28. The number of aromatic nitrogens is 2. The zero-order valence-electron chi connectivity index (χ0n) is 11.0. The molecule has 0 aliphatic heterocycles. The van der Waals surface area contributed by atoms with Gasteiger partial charge in [-0.05, 0) is 47.6 Å². The van der Waals surface area contributed by atoms with Crippen molar-refractivity contribution in [1.29, 1.82) is 0 Å². The molecular weight excluding hydrogens is 375 g/mol. The van der Waals surface area contributed by atoms with Crippen LogP contribution in [0, 0.1) is 17.4 Å². The van der Waals surface area contributed by atoms with E-state index in [4.69, 9.17) is 16.3 Å². The molecule has 0 unspecified atom stereocenters. The van der Waals surface area contributed by atoms with Gasteiger partial charge in [-0.15, -0.1) is 0 Å². The normalized spacial score (nSPS) is 10.8. The molecule has 1 aromatic carbocycles. The third kappa shape index (κ3) is 3.07. The number of halogens is 2. The number of hydrogen-bond donors (Lipinski definition) is 0. The maximum absolute atomic E-state index is 6.18. The summed E-state index contributed by atoms with van der Waals surface area (Å²) in [7, 11) is 1.64. The second-order valence-corrected chi connectivity index (χ2v) is 5.72. The van der Waals surface area contributed by atoms with Gasteiger partial charge in [-0.1, -0.05) is 29.8 Å². The molecule has 0 saturated heterocycles. The van der Waals surface area contributed by atoms with E-state index < -0.39 is 0 Å². The number of methoxy groups -OCH3 is 1. The van der Waals surface area contributed by atoms with Gasteiger partial charge >= 0.3 is 0 Å². The van der Waals surface area contributed by atoms with Crippen LogP contribution in [0.5, 0.6) is 0 Å². The van der Waals surface area contributed by atoms with Crippen LogP contribution in [0.1, 0.15) is 16.8 Å². The summed E-state index contributed by atoms with van der Waals surface area (Å²) in [6.45, 7) is 4.57. The fourth-order valence-corrected chi connectivity index (χ4v) is 2.40. The Morgan fingerprint density at radius 1 is 1.26 bits per heavy atom. The number of hydrogen-bond acceptors (Lipinski definition) is 3. The zero-order chi connectivity index (χ0) is 14.0. The fraction of sp³-hybridized carbons (Fsp3) is 0.286. The molecule has 2 rings (SSSR count). The van der Waals surface area contributed by atoms with Crippen LogP contribution < -0.4 is 0 Å². The minimum atomic E-state index is 0.429. The van der Waals surface area contributed by atoms with E-state index in [1.54, 1.807) is 7.11 Å². The molecule has 100 valence electrons. The smallest absolute Gasteiger partial charge is 0.161 e. The quantitative estimate of drug-likeness (QED) is 0.585. The maximum Gasteiger partial charge on any atom is 0.161 e. The third-order valence-electron chi connectivity index (χ3n) is 3.01. The molecule has 3 nitrogen and oxygen atoms in total. The number of benzene rings is 1. The van der Waals surface area contributed by atoms with Crippen LogP contribution in [0.3, 0.4) is 0 Å². The molecule has 0 aliphatic carbocycles. The van der Waals surface area contributed by atoms with Gasteiger partial charge in [0, 0.05) is 12.7 Å². The lowest BCUT2D eigenvalue weighted by Gasteiger charge is -2.10. The van der Waals surface area contributed by atoms with Crippen LogP contribution in [-0.2, 0) is 11.3 Å². The molecule has 1 heterocycles. The highest BCUT2D eigenvalue weighted by Gasteiger charge is 2.13. The number of nitrogens with zero attached hydrogens (tertiary/aromatic N) is 2. The summed E-state index contributed by atoms with van der Waals surface area (Å²) in [5.41, 5.74) is 4.21. The van der Waals surface area contributed by atoms with Gasteiger partial charge in [-0.3, -0.25) is 0 Å². The van der Waals surface area contributed by atoms with Crippen molar-refractivity contribution in [2.45, 2.75) is 20.5 Å². The summed E-state index contributed by atoms with van der Waals surface area (Å²) in [5.74, 6) is 0.652. The van der Waals surface area contributed by atoms with Crippen molar-refractivity contribution >= 4 is 34.2 Å². The van der Waals surface area contributed by atoms with Gasteiger partial charge in [0.1, 0.15) is 5.15 Å². The zero-order valence-corrected chi connectivity index (χ0v) is 13.9. The summed E-state index contributed by atoms with van der Waals surface area (Å²) in [6.07, 6.45) is 0. The Morgan fingerprint density at radius 2 is 2.00 bits per heavy atom. The predicted molar refractivity (Wildman–Crippen MR) is 85.4 cm³/mol. The van der Waals surface area contributed by atoms with Crippen LogP contribution in [0.2, 0.25) is 5.15 Å². The second kappa shape index (κ2) is 6.15. The van der Waals surface area contributed by atoms with Gasteiger partial charge in [0.15, 0.2) is 5.82 Å². The van der Waals surface area contributed by atoms with Crippen molar-refractivity contribution < 1.29 is 4.74 Å². The lowest BCUT2D eigenvalue weighted by Crippen LogP contribution is -2.03. The number of ether oxygens (including phenoxy) is 1. The Hall–Kier alpha value is -0.720. The van der Waals surface area contributed by atoms with Gasteiger partial charge in [0.2, 0.25) is 0 Å². The lowest BCUT2D eigenvalue weighted by molar-refractivity contribution is 0.181. The van der Waals surface area contributed by atoms with Gasteiger partial charge in [0.05, 0.1) is 15.9 Å². The molecule has 0 bridgehead atoms. The molecule has 0 atom stereocenters. The Labute approximate surface area is 131 Å². The highest BCUT2D eigenvalue weighted by molar-refractivity contribution is 14.1. The largest absolute Gasteiger partial charge is 0.378 e. The van der Waals surface area contributed by atoms with E-state index in [9.17, 15) is 0 Å². The van der Waals surface area contributed by atoms with Crippen LogP contribution >= 0.6 is 34.2 Å². The summed E-state index contributed by atoms with van der Waals surface area (Å²) < 4.78 is 6.00. The first kappa shape index (κ1) is 14.7. The SMILES string of the molecule is COCc1nc(-c2cccc(C)c2C)nc(Cl)c1I. The van der Waals surface area contributed by atoms with E-state index in [1.807, 2.05) is 12.1 Å². The summed E-state index contributed by atoms with van der Waals surface area (Å²) in [6, 6.07) is 6.09. The first-order chi connectivity index (χ1) is 9.04. The molecule has 0 N–H and O–H groups in total. The predicted octanol–water partition coefficient (Wildman–Crippen LogP) is 4.16. The average molecular weight is 389 g/mol. The molecule has 0 spiro atoms. The molecule has 19 heavy (non-hydrogen) atoms. The van der Waals surface area contributed by atoms with Crippen LogP contribution in [0.4, 0.5) is 0 Å². The minimum Gasteiger partial charge on any atom is -0.378 e. The Morgan fingerprint density at radius 3 is 2.68 bits per heavy atom. The molecular formula is C14H14ClIN2O. The van der Waals surface area contributed by atoms with Crippen molar-refractivity contribution in [3.63, 3.8) is 0 Å². The molecule has 5 heteroatoms. The fourth-order valence-electron chi connectivity index (χ4n) is 1.81. The molecule has 2 aromatic rings.